The average molecular weight is 164 g/mol. The van der Waals surface area contributed by atoms with Gasteiger partial charge in [0.05, 0.1) is 18.4 Å². The molecule has 0 bridgehead atoms. The summed E-state index contributed by atoms with van der Waals surface area (Å²) >= 11 is 0. The van der Waals surface area contributed by atoms with Crippen molar-refractivity contribution in [1.82, 2.24) is 5.32 Å². The van der Waals surface area contributed by atoms with Gasteiger partial charge in [0.25, 0.3) is 0 Å². The van der Waals surface area contributed by atoms with Crippen molar-refractivity contribution in [3.05, 3.63) is 24.2 Å². The summed E-state index contributed by atoms with van der Waals surface area (Å²) in [6.07, 6.45) is 2.18. The molecule has 64 valence electrons. The molecular formula is C9H12N2O. The van der Waals surface area contributed by atoms with E-state index in [1.54, 1.807) is 6.26 Å². The van der Waals surface area contributed by atoms with Crippen LogP contribution in [0.5, 0.6) is 0 Å². The van der Waals surface area contributed by atoms with Gasteiger partial charge in [-0.25, -0.2) is 0 Å². The van der Waals surface area contributed by atoms with Gasteiger partial charge in [-0.2, -0.15) is 5.26 Å². The van der Waals surface area contributed by atoms with Crippen LogP contribution >= 0.6 is 0 Å². The van der Waals surface area contributed by atoms with Crippen molar-refractivity contribution >= 4 is 0 Å². The first-order valence-electron chi connectivity index (χ1n) is 3.98. The molecule has 0 aliphatic carbocycles. The number of hydrogen-bond acceptors (Lipinski definition) is 3. The predicted octanol–water partition coefficient (Wildman–Crippen LogP) is 1.84. The monoisotopic (exact) mass is 164 g/mol. The molecule has 12 heavy (non-hydrogen) atoms. The lowest BCUT2D eigenvalue weighted by molar-refractivity contribution is 0.434. The van der Waals surface area contributed by atoms with Crippen LogP contribution in [0.15, 0.2) is 22.8 Å². The molecular weight excluding hydrogens is 152 g/mol. The molecule has 1 aromatic heterocycles. The van der Waals surface area contributed by atoms with Crippen molar-refractivity contribution in [2.75, 3.05) is 6.54 Å². The van der Waals surface area contributed by atoms with Gasteiger partial charge in [0.2, 0.25) is 0 Å². The van der Waals surface area contributed by atoms with Gasteiger partial charge in [-0.1, -0.05) is 0 Å². The maximum Gasteiger partial charge on any atom is 0.120 e. The van der Waals surface area contributed by atoms with E-state index in [1.165, 1.54) is 0 Å². The second-order valence-electron chi connectivity index (χ2n) is 2.60. The van der Waals surface area contributed by atoms with Crippen molar-refractivity contribution in [1.29, 1.82) is 5.26 Å². The normalized spacial score (nSPS) is 12.3. The van der Waals surface area contributed by atoms with E-state index in [0.29, 0.717) is 13.0 Å². The van der Waals surface area contributed by atoms with E-state index in [1.807, 2.05) is 19.1 Å². The van der Waals surface area contributed by atoms with Gasteiger partial charge in [0, 0.05) is 13.0 Å². The zero-order valence-electron chi connectivity index (χ0n) is 7.08. The van der Waals surface area contributed by atoms with E-state index in [2.05, 4.69) is 11.4 Å². The largest absolute Gasteiger partial charge is 0.468 e. The third kappa shape index (κ3) is 2.40. The first-order chi connectivity index (χ1) is 5.84. The molecule has 0 saturated carbocycles. The van der Waals surface area contributed by atoms with E-state index >= 15 is 0 Å². The molecule has 1 rings (SSSR count). The second-order valence-corrected chi connectivity index (χ2v) is 2.60. The minimum absolute atomic E-state index is 0.188. The Labute approximate surface area is 72.0 Å². The SMILES string of the molecule is CC(NCCC#N)c1ccco1. The van der Waals surface area contributed by atoms with Gasteiger partial charge < -0.3 is 9.73 Å². The minimum atomic E-state index is 0.188. The zero-order valence-corrected chi connectivity index (χ0v) is 7.08. The lowest BCUT2D eigenvalue weighted by Crippen LogP contribution is -2.18. The highest BCUT2D eigenvalue weighted by molar-refractivity contribution is 5.02. The summed E-state index contributed by atoms with van der Waals surface area (Å²) < 4.78 is 5.18. The third-order valence-electron chi connectivity index (χ3n) is 1.66. The zero-order chi connectivity index (χ0) is 8.81. The van der Waals surface area contributed by atoms with Gasteiger partial charge in [-0.05, 0) is 19.1 Å². The molecule has 0 aromatic carbocycles. The van der Waals surface area contributed by atoms with E-state index in [9.17, 15) is 0 Å². The van der Waals surface area contributed by atoms with Crippen LogP contribution in [0.4, 0.5) is 0 Å². The van der Waals surface area contributed by atoms with Crippen LogP contribution in [0, 0.1) is 11.3 Å². The minimum Gasteiger partial charge on any atom is -0.468 e. The Kier molecular flexibility index (Phi) is 3.36. The Bertz CT molecular complexity index is 248. The number of nitriles is 1. The van der Waals surface area contributed by atoms with Crippen LogP contribution in [0.1, 0.15) is 25.1 Å². The maximum atomic E-state index is 8.30. The molecule has 1 aromatic rings. The summed E-state index contributed by atoms with van der Waals surface area (Å²) in [5.41, 5.74) is 0. The molecule has 0 aliphatic heterocycles. The molecule has 0 radical (unpaired) electrons. The molecule has 1 heterocycles. The Morgan fingerprint density at radius 1 is 1.75 bits per heavy atom. The Hall–Kier alpha value is -1.27. The first-order valence-corrected chi connectivity index (χ1v) is 3.98. The van der Waals surface area contributed by atoms with Crippen molar-refractivity contribution in [2.24, 2.45) is 0 Å². The Morgan fingerprint density at radius 2 is 2.58 bits per heavy atom. The highest BCUT2D eigenvalue weighted by atomic mass is 16.3. The number of furan rings is 1. The summed E-state index contributed by atoms with van der Waals surface area (Å²) in [6, 6.07) is 6.04. The highest BCUT2D eigenvalue weighted by Gasteiger charge is 2.05. The lowest BCUT2D eigenvalue weighted by Gasteiger charge is -2.08. The smallest absolute Gasteiger partial charge is 0.120 e. The standard InChI is InChI=1S/C9H12N2O/c1-8(11-6-3-5-10)9-4-2-7-12-9/h2,4,7-8,11H,3,6H2,1H3. The van der Waals surface area contributed by atoms with Crippen LogP contribution < -0.4 is 5.32 Å². The topological polar surface area (TPSA) is 49.0 Å². The predicted molar refractivity (Wildman–Crippen MR) is 45.4 cm³/mol. The van der Waals surface area contributed by atoms with E-state index in [0.717, 1.165) is 5.76 Å². The lowest BCUT2D eigenvalue weighted by atomic mass is 10.2. The summed E-state index contributed by atoms with van der Waals surface area (Å²) in [4.78, 5) is 0. The number of nitrogens with one attached hydrogen (secondary N) is 1. The fourth-order valence-electron chi connectivity index (χ4n) is 0.983. The highest BCUT2D eigenvalue weighted by Crippen LogP contribution is 2.11. The van der Waals surface area contributed by atoms with Gasteiger partial charge in [0.15, 0.2) is 0 Å². The number of hydrogen-bond donors (Lipinski definition) is 1. The molecule has 3 nitrogen and oxygen atoms in total. The van der Waals surface area contributed by atoms with Crippen LogP contribution in [0.25, 0.3) is 0 Å². The molecule has 1 atom stereocenters. The van der Waals surface area contributed by atoms with Crippen molar-refractivity contribution in [3.63, 3.8) is 0 Å². The van der Waals surface area contributed by atoms with Crippen LogP contribution in [-0.4, -0.2) is 6.54 Å². The van der Waals surface area contributed by atoms with Gasteiger partial charge in [-0.3, -0.25) is 0 Å². The molecule has 0 fully saturated rings. The third-order valence-corrected chi connectivity index (χ3v) is 1.66. The van der Waals surface area contributed by atoms with Crippen LogP contribution in [0.3, 0.4) is 0 Å². The summed E-state index contributed by atoms with van der Waals surface area (Å²) in [5, 5.41) is 11.5. The quantitative estimate of drug-likeness (QED) is 0.691. The van der Waals surface area contributed by atoms with Crippen molar-refractivity contribution < 1.29 is 4.42 Å². The molecule has 0 amide bonds. The molecule has 1 unspecified atom stereocenters. The van der Waals surface area contributed by atoms with Crippen LogP contribution in [0.2, 0.25) is 0 Å². The summed E-state index contributed by atoms with van der Waals surface area (Å²) in [7, 11) is 0. The molecule has 0 spiro atoms. The van der Waals surface area contributed by atoms with E-state index in [-0.39, 0.29) is 6.04 Å². The Balaban J connectivity index is 2.30. The molecule has 1 N–H and O–H groups in total. The maximum absolute atomic E-state index is 8.30. The number of nitrogens with zero attached hydrogens (tertiary/aromatic N) is 1. The average Bonchev–Trinajstić information content (AvgIpc) is 2.56. The van der Waals surface area contributed by atoms with Gasteiger partial charge in [0.1, 0.15) is 5.76 Å². The van der Waals surface area contributed by atoms with Crippen molar-refractivity contribution in [3.8, 4) is 6.07 Å². The molecule has 0 saturated heterocycles. The van der Waals surface area contributed by atoms with Gasteiger partial charge in [-0.15, -0.1) is 0 Å². The van der Waals surface area contributed by atoms with Crippen LogP contribution in [-0.2, 0) is 0 Å². The fraction of sp³-hybridized carbons (Fsp3) is 0.444. The summed E-state index contributed by atoms with van der Waals surface area (Å²) in [5.74, 6) is 0.910. The van der Waals surface area contributed by atoms with Gasteiger partial charge >= 0.3 is 0 Å². The van der Waals surface area contributed by atoms with Crippen molar-refractivity contribution in [2.45, 2.75) is 19.4 Å². The Morgan fingerprint density at radius 3 is 3.17 bits per heavy atom. The first kappa shape index (κ1) is 8.82. The van der Waals surface area contributed by atoms with E-state index < -0.39 is 0 Å². The molecule has 0 aliphatic rings. The van der Waals surface area contributed by atoms with E-state index in [4.69, 9.17) is 9.68 Å². The number of rotatable bonds is 4. The fourth-order valence-corrected chi connectivity index (χ4v) is 0.983. The summed E-state index contributed by atoms with van der Waals surface area (Å²) in [6.45, 7) is 2.72. The molecule has 3 heteroatoms. The second kappa shape index (κ2) is 4.58.